The van der Waals surface area contributed by atoms with Crippen LogP contribution < -0.4 is 10.6 Å². The van der Waals surface area contributed by atoms with Crippen LogP contribution in [0.4, 0.5) is 16.2 Å². The lowest BCUT2D eigenvalue weighted by atomic mass is 10.1. The number of aromatic nitrogens is 6. The number of piperazine rings is 1. The number of aryl methyl sites for hydroxylation is 1. The lowest BCUT2D eigenvalue weighted by Crippen LogP contribution is -2.53. The molecule has 0 spiro atoms. The molecule has 0 saturated carbocycles. The first-order valence-corrected chi connectivity index (χ1v) is 12.5. The summed E-state index contributed by atoms with van der Waals surface area (Å²) in [6, 6.07) is 6.06. The fourth-order valence-electron chi connectivity index (χ4n) is 5.39. The van der Waals surface area contributed by atoms with Gasteiger partial charge in [-0.3, -0.25) is 9.48 Å². The molecule has 2 aliphatic rings. The second kappa shape index (κ2) is 9.15. The summed E-state index contributed by atoms with van der Waals surface area (Å²) in [6.45, 7) is 5.60. The van der Waals surface area contributed by atoms with Gasteiger partial charge in [0.15, 0.2) is 11.5 Å². The Kier molecular flexibility index (Phi) is 5.79. The summed E-state index contributed by atoms with van der Waals surface area (Å²) in [5.41, 5.74) is 2.82. The van der Waals surface area contributed by atoms with Gasteiger partial charge in [0.25, 0.3) is 5.91 Å². The standard InChI is InChI=1S/C26H28FN9O/c1-14(2)23-19-8-16(10-29-24(19)34-35(23)3)22-20(27)11-30-26(33-22)32-21-7-4-15(9-28-21)25(37)36-12-17-5-6-18(13-36)31-17/h4,7-11,14,17-18,31H,5-6,12-13H2,1-3H3,(H,28,30,32,33). The molecule has 2 atom stereocenters. The zero-order valence-electron chi connectivity index (χ0n) is 20.9. The van der Waals surface area contributed by atoms with Gasteiger partial charge in [-0.05, 0) is 37.0 Å². The topological polar surface area (TPSA) is 114 Å². The fraction of sp³-hybridized carbons (Fsp3) is 0.385. The van der Waals surface area contributed by atoms with Crippen molar-refractivity contribution in [1.29, 1.82) is 0 Å². The van der Waals surface area contributed by atoms with Crippen molar-refractivity contribution in [3.8, 4) is 11.3 Å². The number of carbonyl (C=O) groups excluding carboxylic acids is 1. The highest BCUT2D eigenvalue weighted by atomic mass is 19.1. The summed E-state index contributed by atoms with van der Waals surface area (Å²) >= 11 is 0. The molecule has 0 aliphatic carbocycles. The Morgan fingerprint density at radius 1 is 1.11 bits per heavy atom. The number of carbonyl (C=O) groups is 1. The Morgan fingerprint density at radius 2 is 1.89 bits per heavy atom. The number of pyridine rings is 2. The predicted octanol–water partition coefficient (Wildman–Crippen LogP) is 3.40. The van der Waals surface area contributed by atoms with Crippen molar-refractivity contribution in [2.45, 2.75) is 44.7 Å². The largest absolute Gasteiger partial charge is 0.335 e. The summed E-state index contributed by atoms with van der Waals surface area (Å²) in [4.78, 5) is 32.1. The van der Waals surface area contributed by atoms with Crippen molar-refractivity contribution in [3.63, 3.8) is 0 Å². The normalized spacial score (nSPS) is 19.1. The van der Waals surface area contributed by atoms with E-state index in [9.17, 15) is 9.18 Å². The number of nitrogens with one attached hydrogen (secondary N) is 2. The highest BCUT2D eigenvalue weighted by Crippen LogP contribution is 2.29. The van der Waals surface area contributed by atoms with Crippen molar-refractivity contribution in [3.05, 3.63) is 53.9 Å². The summed E-state index contributed by atoms with van der Waals surface area (Å²) in [5.74, 6) is 0.300. The average molecular weight is 502 g/mol. The second-order valence-electron chi connectivity index (χ2n) is 10.1. The van der Waals surface area contributed by atoms with E-state index in [-0.39, 0.29) is 23.5 Å². The van der Waals surface area contributed by atoms with Crippen LogP contribution in [-0.4, -0.2) is 65.7 Å². The summed E-state index contributed by atoms with van der Waals surface area (Å²) in [5, 5.41) is 11.9. The van der Waals surface area contributed by atoms with Gasteiger partial charge in [0.05, 0.1) is 17.5 Å². The molecule has 2 unspecified atom stereocenters. The van der Waals surface area contributed by atoms with Gasteiger partial charge < -0.3 is 15.5 Å². The molecule has 6 heterocycles. The Balaban J connectivity index is 1.22. The van der Waals surface area contributed by atoms with E-state index >= 15 is 0 Å². The highest BCUT2D eigenvalue weighted by Gasteiger charge is 2.34. The Hall–Kier alpha value is -3.99. The minimum Gasteiger partial charge on any atom is -0.335 e. The van der Waals surface area contributed by atoms with E-state index in [2.05, 4.69) is 49.5 Å². The van der Waals surface area contributed by atoms with Gasteiger partial charge in [-0.1, -0.05) is 13.8 Å². The van der Waals surface area contributed by atoms with Gasteiger partial charge in [0, 0.05) is 55.6 Å². The highest BCUT2D eigenvalue weighted by molar-refractivity contribution is 5.94. The van der Waals surface area contributed by atoms with E-state index in [0.717, 1.165) is 43.2 Å². The summed E-state index contributed by atoms with van der Waals surface area (Å²) in [7, 11) is 1.88. The maximum Gasteiger partial charge on any atom is 0.255 e. The molecular formula is C26H28FN9O. The molecule has 2 bridgehead atoms. The Bertz CT molecular complexity index is 1470. The smallest absolute Gasteiger partial charge is 0.255 e. The second-order valence-corrected chi connectivity index (χ2v) is 10.1. The zero-order chi connectivity index (χ0) is 25.7. The van der Waals surface area contributed by atoms with Gasteiger partial charge in [-0.15, -0.1) is 0 Å². The van der Waals surface area contributed by atoms with Crippen molar-refractivity contribution >= 4 is 28.7 Å². The van der Waals surface area contributed by atoms with Crippen LogP contribution >= 0.6 is 0 Å². The van der Waals surface area contributed by atoms with E-state index in [1.54, 1.807) is 24.5 Å². The first-order valence-electron chi connectivity index (χ1n) is 12.5. The van der Waals surface area contributed by atoms with Crippen LogP contribution in [0.15, 0.2) is 36.8 Å². The number of halogens is 1. The van der Waals surface area contributed by atoms with Crippen LogP contribution in [0.1, 0.15) is 48.7 Å². The van der Waals surface area contributed by atoms with Gasteiger partial charge in [0.2, 0.25) is 5.95 Å². The number of anilines is 2. The van der Waals surface area contributed by atoms with Gasteiger partial charge in [0.1, 0.15) is 11.5 Å². The monoisotopic (exact) mass is 501 g/mol. The summed E-state index contributed by atoms with van der Waals surface area (Å²) < 4.78 is 16.6. The Labute approximate surface area is 213 Å². The van der Waals surface area contributed by atoms with Crippen LogP contribution in [0.25, 0.3) is 22.3 Å². The molecule has 0 aromatic carbocycles. The molecule has 2 saturated heterocycles. The van der Waals surface area contributed by atoms with E-state index in [1.165, 1.54) is 0 Å². The number of nitrogens with zero attached hydrogens (tertiary/aromatic N) is 7. The molecule has 2 N–H and O–H groups in total. The molecule has 4 aromatic heterocycles. The molecule has 6 rings (SSSR count). The molecule has 37 heavy (non-hydrogen) atoms. The lowest BCUT2D eigenvalue weighted by Gasteiger charge is -2.32. The van der Waals surface area contributed by atoms with E-state index in [0.29, 0.717) is 34.7 Å². The first kappa shape index (κ1) is 23.4. The minimum absolute atomic E-state index is 0.0168. The molecule has 11 heteroatoms. The number of hydrogen-bond acceptors (Lipinski definition) is 8. The number of amides is 1. The maximum absolute atomic E-state index is 14.8. The average Bonchev–Trinajstić information content (AvgIpc) is 3.41. The van der Waals surface area contributed by atoms with Crippen LogP contribution in [0.5, 0.6) is 0 Å². The molecule has 2 fully saturated rings. The van der Waals surface area contributed by atoms with Crippen molar-refractivity contribution in [2.75, 3.05) is 18.4 Å². The molecule has 2 aliphatic heterocycles. The number of rotatable bonds is 5. The van der Waals surface area contributed by atoms with Crippen LogP contribution in [0, 0.1) is 5.82 Å². The molecule has 4 aromatic rings. The van der Waals surface area contributed by atoms with Crippen LogP contribution in [0.3, 0.4) is 0 Å². The van der Waals surface area contributed by atoms with Gasteiger partial charge >= 0.3 is 0 Å². The molecular weight excluding hydrogens is 473 g/mol. The minimum atomic E-state index is -0.555. The van der Waals surface area contributed by atoms with Crippen molar-refractivity contribution < 1.29 is 9.18 Å². The molecule has 1 amide bonds. The third-order valence-corrected chi connectivity index (χ3v) is 7.05. The van der Waals surface area contributed by atoms with Gasteiger partial charge in [-0.2, -0.15) is 5.10 Å². The van der Waals surface area contributed by atoms with Crippen molar-refractivity contribution in [2.24, 2.45) is 7.05 Å². The fourth-order valence-corrected chi connectivity index (χ4v) is 5.39. The third-order valence-electron chi connectivity index (χ3n) is 7.05. The van der Waals surface area contributed by atoms with Crippen LogP contribution in [-0.2, 0) is 7.05 Å². The number of fused-ring (bicyclic) bond motifs is 3. The molecule has 10 nitrogen and oxygen atoms in total. The summed E-state index contributed by atoms with van der Waals surface area (Å²) in [6.07, 6.45) is 6.46. The Morgan fingerprint density at radius 3 is 2.59 bits per heavy atom. The van der Waals surface area contributed by atoms with Crippen molar-refractivity contribution in [1.82, 2.24) is 39.9 Å². The van der Waals surface area contributed by atoms with E-state index < -0.39 is 5.82 Å². The number of hydrogen-bond donors (Lipinski definition) is 2. The predicted molar refractivity (Wildman–Crippen MR) is 137 cm³/mol. The quantitative estimate of drug-likeness (QED) is 0.428. The molecule has 0 radical (unpaired) electrons. The van der Waals surface area contributed by atoms with E-state index in [1.807, 2.05) is 22.7 Å². The SMILES string of the molecule is CC(C)c1c2cc(-c3nc(Nc4ccc(C(=O)N5CC6CCC(C5)N6)cn4)ncc3F)cnc2nn1C. The van der Waals surface area contributed by atoms with E-state index in [4.69, 9.17) is 0 Å². The van der Waals surface area contributed by atoms with Gasteiger partial charge in [-0.25, -0.2) is 24.3 Å². The number of likely N-dealkylation sites (tertiary alicyclic amines) is 1. The van der Waals surface area contributed by atoms with Crippen LogP contribution in [0.2, 0.25) is 0 Å². The molecule has 190 valence electrons. The first-order chi connectivity index (χ1) is 17.9. The lowest BCUT2D eigenvalue weighted by molar-refractivity contribution is 0.0697. The third kappa shape index (κ3) is 4.39. The maximum atomic E-state index is 14.8. The zero-order valence-corrected chi connectivity index (χ0v) is 20.9.